The van der Waals surface area contributed by atoms with E-state index in [-0.39, 0.29) is 18.9 Å². The third-order valence-electron chi connectivity index (χ3n) is 2.26. The minimum atomic E-state index is -0.781. The Morgan fingerprint density at radius 3 is 2.53 bits per heavy atom. The maximum Gasteiger partial charge on any atom is 0.329 e. The Kier molecular flexibility index (Phi) is 5.16. The number of nitrogens with one attached hydrogen (secondary N) is 1. The highest BCUT2D eigenvalue weighted by Gasteiger charge is 2.19. The molecule has 0 aromatic heterocycles. The summed E-state index contributed by atoms with van der Waals surface area (Å²) in [5.74, 6) is -0.786. The number of hydrogen-bond acceptors (Lipinski definition) is 4. The van der Waals surface area contributed by atoms with Crippen molar-refractivity contribution in [2.45, 2.75) is 12.5 Å². The van der Waals surface area contributed by atoms with E-state index in [0.717, 1.165) is 5.56 Å². The zero-order chi connectivity index (χ0) is 12.7. The van der Waals surface area contributed by atoms with Gasteiger partial charge in [0, 0.05) is 6.54 Å². The van der Waals surface area contributed by atoms with Gasteiger partial charge in [-0.2, -0.15) is 0 Å². The Morgan fingerprint density at radius 2 is 2.00 bits per heavy atom. The van der Waals surface area contributed by atoms with E-state index >= 15 is 0 Å². The summed E-state index contributed by atoms with van der Waals surface area (Å²) in [4.78, 5) is 22.8. The maximum absolute atomic E-state index is 11.6. The maximum atomic E-state index is 11.6. The van der Waals surface area contributed by atoms with E-state index in [4.69, 9.17) is 5.73 Å². The lowest BCUT2D eigenvalue weighted by Gasteiger charge is -2.14. The molecule has 0 saturated carbocycles. The smallest absolute Gasteiger partial charge is 0.329 e. The van der Waals surface area contributed by atoms with E-state index in [1.807, 2.05) is 30.3 Å². The van der Waals surface area contributed by atoms with Gasteiger partial charge in [0.1, 0.15) is 6.04 Å². The Bertz CT molecular complexity index is 379. The average molecular weight is 236 g/mol. The van der Waals surface area contributed by atoms with Crippen molar-refractivity contribution in [2.24, 2.45) is 5.73 Å². The zero-order valence-electron chi connectivity index (χ0n) is 9.68. The molecule has 92 valence electrons. The van der Waals surface area contributed by atoms with Crippen LogP contribution in [-0.2, 0) is 20.7 Å². The molecule has 1 aromatic rings. The molecule has 1 amide bonds. The summed E-state index contributed by atoms with van der Waals surface area (Å²) in [5, 5.41) is 2.53. The topological polar surface area (TPSA) is 81.4 Å². The molecule has 3 N–H and O–H groups in total. The normalized spacial score (nSPS) is 11.6. The highest BCUT2D eigenvalue weighted by atomic mass is 16.5. The summed E-state index contributed by atoms with van der Waals surface area (Å²) in [6, 6.07) is 8.48. The number of rotatable bonds is 5. The summed E-state index contributed by atoms with van der Waals surface area (Å²) in [7, 11) is 1.26. The first-order chi connectivity index (χ1) is 8.17. The molecule has 0 spiro atoms. The van der Waals surface area contributed by atoms with Crippen LogP contribution in [0.25, 0.3) is 0 Å². The molecular weight excluding hydrogens is 220 g/mol. The number of carbonyl (C=O) groups is 2. The van der Waals surface area contributed by atoms with E-state index in [1.165, 1.54) is 7.11 Å². The van der Waals surface area contributed by atoms with E-state index in [9.17, 15) is 9.59 Å². The summed E-state index contributed by atoms with van der Waals surface area (Å²) in [5.41, 5.74) is 6.26. The van der Waals surface area contributed by atoms with Crippen molar-refractivity contribution < 1.29 is 14.3 Å². The molecule has 5 nitrogen and oxygen atoms in total. The fourth-order valence-electron chi connectivity index (χ4n) is 1.38. The van der Waals surface area contributed by atoms with Gasteiger partial charge in [0.25, 0.3) is 0 Å². The van der Waals surface area contributed by atoms with E-state index < -0.39 is 12.0 Å². The Balaban J connectivity index is 2.51. The van der Waals surface area contributed by atoms with Crippen molar-refractivity contribution in [1.29, 1.82) is 0 Å². The predicted molar refractivity (Wildman–Crippen MR) is 63.1 cm³/mol. The molecule has 17 heavy (non-hydrogen) atoms. The number of amides is 1. The number of nitrogens with two attached hydrogens (primary N) is 1. The monoisotopic (exact) mass is 236 g/mol. The van der Waals surface area contributed by atoms with Crippen LogP contribution in [0.2, 0.25) is 0 Å². The lowest BCUT2D eigenvalue weighted by molar-refractivity contribution is -0.144. The highest BCUT2D eigenvalue weighted by Crippen LogP contribution is 1.99. The molecule has 0 aliphatic rings. The standard InChI is InChI=1S/C12H16N2O3/c1-17-12(16)10(8-13)14-11(15)7-9-5-3-2-4-6-9/h2-6,10H,7-8,13H2,1H3,(H,14,15)/t10-/m0/s1. The number of methoxy groups -OCH3 is 1. The number of hydrogen-bond donors (Lipinski definition) is 2. The lowest BCUT2D eigenvalue weighted by Crippen LogP contribution is -2.46. The van der Waals surface area contributed by atoms with Crippen LogP contribution in [0, 0.1) is 0 Å². The van der Waals surface area contributed by atoms with E-state index in [1.54, 1.807) is 0 Å². The fraction of sp³-hybridized carbons (Fsp3) is 0.333. The third kappa shape index (κ3) is 4.24. The number of benzene rings is 1. The van der Waals surface area contributed by atoms with Gasteiger partial charge in [-0.1, -0.05) is 30.3 Å². The quantitative estimate of drug-likeness (QED) is 0.696. The summed E-state index contributed by atoms with van der Waals surface area (Å²) in [6.45, 7) is 0.0210. The molecule has 0 aliphatic carbocycles. The third-order valence-corrected chi connectivity index (χ3v) is 2.26. The van der Waals surface area contributed by atoms with Gasteiger partial charge in [-0.05, 0) is 5.56 Å². The molecule has 1 rings (SSSR count). The van der Waals surface area contributed by atoms with Gasteiger partial charge in [-0.15, -0.1) is 0 Å². The van der Waals surface area contributed by atoms with Crippen LogP contribution in [0.15, 0.2) is 30.3 Å². The van der Waals surface area contributed by atoms with Gasteiger partial charge in [0.2, 0.25) is 5.91 Å². The van der Waals surface area contributed by atoms with Crippen LogP contribution in [0.4, 0.5) is 0 Å². The molecule has 0 fully saturated rings. The van der Waals surface area contributed by atoms with Crippen molar-refractivity contribution in [1.82, 2.24) is 5.32 Å². The van der Waals surface area contributed by atoms with Crippen molar-refractivity contribution in [3.8, 4) is 0 Å². The minimum Gasteiger partial charge on any atom is -0.467 e. The number of esters is 1. The van der Waals surface area contributed by atoms with Crippen LogP contribution in [-0.4, -0.2) is 31.6 Å². The first-order valence-corrected chi connectivity index (χ1v) is 5.28. The van der Waals surface area contributed by atoms with Gasteiger partial charge >= 0.3 is 5.97 Å². The van der Waals surface area contributed by atoms with Crippen molar-refractivity contribution in [2.75, 3.05) is 13.7 Å². The van der Waals surface area contributed by atoms with Gasteiger partial charge in [-0.25, -0.2) is 4.79 Å². The molecule has 0 bridgehead atoms. The van der Waals surface area contributed by atoms with Gasteiger partial charge in [0.05, 0.1) is 13.5 Å². The van der Waals surface area contributed by atoms with Crippen LogP contribution < -0.4 is 11.1 Å². The van der Waals surface area contributed by atoms with Gasteiger partial charge in [-0.3, -0.25) is 4.79 Å². The van der Waals surface area contributed by atoms with E-state index in [2.05, 4.69) is 10.1 Å². The average Bonchev–Trinajstić information content (AvgIpc) is 2.36. The highest BCUT2D eigenvalue weighted by molar-refractivity contribution is 5.85. The van der Waals surface area contributed by atoms with Crippen molar-refractivity contribution >= 4 is 11.9 Å². The minimum absolute atomic E-state index is 0.0210. The van der Waals surface area contributed by atoms with Gasteiger partial charge < -0.3 is 15.8 Å². The largest absolute Gasteiger partial charge is 0.467 e. The van der Waals surface area contributed by atoms with Crippen LogP contribution in [0.5, 0.6) is 0 Å². The summed E-state index contributed by atoms with van der Waals surface area (Å²) in [6.07, 6.45) is 0.217. The molecule has 1 aromatic carbocycles. The number of ether oxygens (including phenoxy) is 1. The molecular formula is C12H16N2O3. The van der Waals surface area contributed by atoms with Crippen LogP contribution >= 0.6 is 0 Å². The molecule has 0 saturated heterocycles. The van der Waals surface area contributed by atoms with Gasteiger partial charge in [0.15, 0.2) is 0 Å². The second-order valence-electron chi connectivity index (χ2n) is 3.54. The summed E-state index contributed by atoms with van der Waals surface area (Å²) < 4.78 is 4.52. The Labute approximate surface area is 99.9 Å². The second-order valence-corrected chi connectivity index (χ2v) is 3.54. The molecule has 5 heteroatoms. The second kappa shape index (κ2) is 6.65. The molecule has 0 aliphatic heterocycles. The number of carbonyl (C=O) groups excluding carboxylic acids is 2. The zero-order valence-corrected chi connectivity index (χ0v) is 9.68. The predicted octanol–water partition coefficient (Wildman–Crippen LogP) is -0.154. The molecule has 0 radical (unpaired) electrons. The van der Waals surface area contributed by atoms with Crippen molar-refractivity contribution in [3.05, 3.63) is 35.9 Å². The fourth-order valence-corrected chi connectivity index (χ4v) is 1.38. The van der Waals surface area contributed by atoms with Crippen LogP contribution in [0.3, 0.4) is 0 Å². The first-order valence-electron chi connectivity index (χ1n) is 5.28. The molecule has 1 atom stereocenters. The molecule has 0 unspecified atom stereocenters. The van der Waals surface area contributed by atoms with Crippen LogP contribution in [0.1, 0.15) is 5.56 Å². The Morgan fingerprint density at radius 1 is 1.35 bits per heavy atom. The SMILES string of the molecule is COC(=O)[C@H](CN)NC(=O)Cc1ccccc1. The summed E-state index contributed by atoms with van der Waals surface area (Å²) >= 11 is 0. The first kappa shape index (κ1) is 13.2. The van der Waals surface area contributed by atoms with Crippen molar-refractivity contribution in [3.63, 3.8) is 0 Å². The lowest BCUT2D eigenvalue weighted by atomic mass is 10.1. The van der Waals surface area contributed by atoms with E-state index in [0.29, 0.717) is 0 Å². The Hall–Kier alpha value is -1.88. The molecule has 0 heterocycles.